The van der Waals surface area contributed by atoms with Gasteiger partial charge in [0, 0.05) is 16.8 Å². The van der Waals surface area contributed by atoms with Gasteiger partial charge in [-0.1, -0.05) is 29.4 Å². The molecule has 0 saturated heterocycles. The number of thioether (sulfide) groups is 1. The van der Waals surface area contributed by atoms with Crippen molar-refractivity contribution in [3.63, 3.8) is 0 Å². The molecule has 6 heteroatoms. The van der Waals surface area contributed by atoms with Gasteiger partial charge in [-0.3, -0.25) is 0 Å². The zero-order valence-corrected chi connectivity index (χ0v) is 11.1. The maximum atomic E-state index is 12.9. The lowest BCUT2D eigenvalue weighted by Gasteiger charge is -2.05. The SMILES string of the molecule is Fc1ccc(CSc2nncn2C2CC2)c(Cl)c1. The quantitative estimate of drug-likeness (QED) is 0.802. The minimum atomic E-state index is -0.310. The Morgan fingerprint density at radius 2 is 2.28 bits per heavy atom. The van der Waals surface area contributed by atoms with Crippen molar-refractivity contribution in [2.75, 3.05) is 0 Å². The van der Waals surface area contributed by atoms with Crippen molar-refractivity contribution in [1.29, 1.82) is 0 Å². The summed E-state index contributed by atoms with van der Waals surface area (Å²) in [5.74, 6) is 0.361. The Bertz CT molecular complexity index is 568. The second-order valence-electron chi connectivity index (χ2n) is 4.28. The Kier molecular flexibility index (Phi) is 3.26. The monoisotopic (exact) mass is 283 g/mol. The molecule has 3 rings (SSSR count). The van der Waals surface area contributed by atoms with Gasteiger partial charge in [0.15, 0.2) is 5.16 Å². The first-order valence-corrected chi connectivity index (χ1v) is 7.06. The molecule has 1 fully saturated rings. The maximum Gasteiger partial charge on any atom is 0.191 e. The maximum absolute atomic E-state index is 12.9. The van der Waals surface area contributed by atoms with E-state index in [2.05, 4.69) is 14.8 Å². The van der Waals surface area contributed by atoms with Crippen LogP contribution in [-0.4, -0.2) is 14.8 Å². The topological polar surface area (TPSA) is 30.7 Å². The number of aromatic nitrogens is 3. The van der Waals surface area contributed by atoms with Gasteiger partial charge in [-0.2, -0.15) is 0 Å². The summed E-state index contributed by atoms with van der Waals surface area (Å²) in [6, 6.07) is 5.03. The predicted molar refractivity (Wildman–Crippen MR) is 69.3 cm³/mol. The van der Waals surface area contributed by atoms with E-state index in [1.807, 2.05) is 0 Å². The van der Waals surface area contributed by atoms with Crippen molar-refractivity contribution in [2.45, 2.75) is 29.8 Å². The summed E-state index contributed by atoms with van der Waals surface area (Å²) < 4.78 is 15.0. The minimum Gasteiger partial charge on any atom is -0.306 e. The number of halogens is 2. The fourth-order valence-corrected chi connectivity index (χ4v) is 3.02. The second kappa shape index (κ2) is 4.90. The Balaban J connectivity index is 1.71. The molecule has 18 heavy (non-hydrogen) atoms. The summed E-state index contributed by atoms with van der Waals surface area (Å²) in [7, 11) is 0. The van der Waals surface area contributed by atoms with Crippen molar-refractivity contribution >= 4 is 23.4 Å². The van der Waals surface area contributed by atoms with Crippen LogP contribution in [0, 0.1) is 5.82 Å². The van der Waals surface area contributed by atoms with E-state index in [1.165, 1.54) is 25.0 Å². The van der Waals surface area contributed by atoms with E-state index >= 15 is 0 Å². The summed E-state index contributed by atoms with van der Waals surface area (Å²) in [6.07, 6.45) is 4.16. The predicted octanol–water partition coefficient (Wildman–Crippen LogP) is 3.70. The summed E-state index contributed by atoms with van der Waals surface area (Å²) in [5, 5.41) is 9.39. The molecule has 1 aromatic heterocycles. The average Bonchev–Trinajstić information content (AvgIpc) is 3.08. The summed E-state index contributed by atoms with van der Waals surface area (Å²) >= 11 is 7.57. The van der Waals surface area contributed by atoms with E-state index in [9.17, 15) is 4.39 Å². The number of benzene rings is 1. The molecular weight excluding hydrogens is 273 g/mol. The second-order valence-corrected chi connectivity index (χ2v) is 5.63. The van der Waals surface area contributed by atoms with Crippen molar-refractivity contribution < 1.29 is 4.39 Å². The third-order valence-corrected chi connectivity index (χ3v) is 4.21. The van der Waals surface area contributed by atoms with E-state index in [4.69, 9.17) is 11.6 Å². The molecule has 0 atom stereocenters. The van der Waals surface area contributed by atoms with Gasteiger partial charge in [0.05, 0.1) is 0 Å². The van der Waals surface area contributed by atoms with Crippen LogP contribution in [-0.2, 0) is 5.75 Å². The van der Waals surface area contributed by atoms with Crippen molar-refractivity contribution in [3.8, 4) is 0 Å². The van der Waals surface area contributed by atoms with Crippen LogP contribution >= 0.6 is 23.4 Å². The molecule has 0 bridgehead atoms. The lowest BCUT2D eigenvalue weighted by molar-refractivity contribution is 0.627. The van der Waals surface area contributed by atoms with Gasteiger partial charge in [0.25, 0.3) is 0 Å². The fraction of sp³-hybridized carbons (Fsp3) is 0.333. The highest BCUT2D eigenvalue weighted by atomic mass is 35.5. The van der Waals surface area contributed by atoms with Gasteiger partial charge in [-0.25, -0.2) is 4.39 Å². The van der Waals surface area contributed by atoms with Crippen LogP contribution in [0.5, 0.6) is 0 Å². The zero-order chi connectivity index (χ0) is 12.5. The molecule has 1 aliphatic rings. The third-order valence-electron chi connectivity index (χ3n) is 2.85. The average molecular weight is 284 g/mol. The van der Waals surface area contributed by atoms with Crippen LogP contribution in [0.2, 0.25) is 5.02 Å². The van der Waals surface area contributed by atoms with Crippen LogP contribution in [0.3, 0.4) is 0 Å². The number of hydrogen-bond acceptors (Lipinski definition) is 3. The Hall–Kier alpha value is -1.07. The summed E-state index contributed by atoms with van der Waals surface area (Å²) in [4.78, 5) is 0. The fourth-order valence-electron chi connectivity index (χ4n) is 1.72. The highest BCUT2D eigenvalue weighted by Crippen LogP contribution is 2.38. The van der Waals surface area contributed by atoms with E-state index in [1.54, 1.807) is 24.2 Å². The van der Waals surface area contributed by atoms with Gasteiger partial charge in [-0.15, -0.1) is 10.2 Å². The minimum absolute atomic E-state index is 0.310. The lowest BCUT2D eigenvalue weighted by atomic mass is 10.2. The molecule has 0 unspecified atom stereocenters. The van der Waals surface area contributed by atoms with Crippen molar-refractivity contribution in [3.05, 3.63) is 40.9 Å². The first-order chi connectivity index (χ1) is 8.74. The number of nitrogens with zero attached hydrogens (tertiary/aromatic N) is 3. The molecule has 3 nitrogen and oxygen atoms in total. The number of rotatable bonds is 4. The van der Waals surface area contributed by atoms with Crippen LogP contribution in [0.4, 0.5) is 4.39 Å². The van der Waals surface area contributed by atoms with Crippen LogP contribution < -0.4 is 0 Å². The van der Waals surface area contributed by atoms with E-state index in [-0.39, 0.29) is 5.82 Å². The largest absolute Gasteiger partial charge is 0.306 e. The normalized spacial score (nSPS) is 15.0. The molecule has 94 valence electrons. The number of hydrogen-bond donors (Lipinski definition) is 0. The molecule has 2 aromatic rings. The molecule has 0 N–H and O–H groups in total. The van der Waals surface area contributed by atoms with Gasteiger partial charge in [0.2, 0.25) is 0 Å². The first-order valence-electron chi connectivity index (χ1n) is 5.70. The van der Waals surface area contributed by atoms with E-state index < -0.39 is 0 Å². The van der Waals surface area contributed by atoms with Crippen LogP contribution in [0.25, 0.3) is 0 Å². The molecule has 1 saturated carbocycles. The smallest absolute Gasteiger partial charge is 0.191 e. The third kappa shape index (κ3) is 2.52. The molecule has 1 heterocycles. The Labute approximate surface area is 113 Å². The molecule has 0 radical (unpaired) electrons. The Morgan fingerprint density at radius 1 is 1.44 bits per heavy atom. The van der Waals surface area contributed by atoms with Crippen LogP contribution in [0.15, 0.2) is 29.7 Å². The van der Waals surface area contributed by atoms with Gasteiger partial charge < -0.3 is 4.57 Å². The molecular formula is C12H11ClFN3S. The zero-order valence-electron chi connectivity index (χ0n) is 9.51. The van der Waals surface area contributed by atoms with Crippen molar-refractivity contribution in [2.24, 2.45) is 0 Å². The highest BCUT2D eigenvalue weighted by molar-refractivity contribution is 7.98. The molecule has 0 spiro atoms. The van der Waals surface area contributed by atoms with E-state index in [0.717, 1.165) is 10.7 Å². The first kappa shape index (κ1) is 12.0. The molecule has 1 aliphatic carbocycles. The molecule has 0 aliphatic heterocycles. The molecule has 0 amide bonds. The summed E-state index contributed by atoms with van der Waals surface area (Å²) in [5.41, 5.74) is 0.911. The van der Waals surface area contributed by atoms with E-state index in [0.29, 0.717) is 16.8 Å². The van der Waals surface area contributed by atoms with Crippen LogP contribution in [0.1, 0.15) is 24.4 Å². The van der Waals surface area contributed by atoms with Crippen molar-refractivity contribution in [1.82, 2.24) is 14.8 Å². The Morgan fingerprint density at radius 3 is 3.00 bits per heavy atom. The summed E-state index contributed by atoms with van der Waals surface area (Å²) in [6.45, 7) is 0. The van der Waals surface area contributed by atoms with Gasteiger partial charge in [-0.05, 0) is 30.5 Å². The highest BCUT2D eigenvalue weighted by Gasteiger charge is 2.26. The lowest BCUT2D eigenvalue weighted by Crippen LogP contribution is -1.95. The van der Waals surface area contributed by atoms with Gasteiger partial charge >= 0.3 is 0 Å². The molecule has 1 aromatic carbocycles. The standard InChI is InChI=1S/C12H11ClFN3S/c13-11-5-9(14)2-1-8(11)6-18-12-16-15-7-17(12)10-3-4-10/h1-2,5,7,10H,3-4,6H2. The van der Waals surface area contributed by atoms with Gasteiger partial charge in [0.1, 0.15) is 12.1 Å².